The number of rotatable bonds is 8. The van der Waals surface area contributed by atoms with E-state index in [0.29, 0.717) is 24.7 Å². The number of para-hydroxylation sites is 1. The normalized spacial score (nSPS) is 11.5. The maximum atomic E-state index is 11.9. The van der Waals surface area contributed by atoms with Gasteiger partial charge in [0.15, 0.2) is 0 Å². The lowest BCUT2D eigenvalue weighted by atomic mass is 10.2. The van der Waals surface area contributed by atoms with Crippen LogP contribution in [-0.4, -0.2) is 47.7 Å². The number of hydrogen-bond donors (Lipinski definition) is 2. The van der Waals surface area contributed by atoms with Crippen LogP contribution in [0.1, 0.15) is 6.42 Å². The molecule has 2 N–H and O–H groups in total. The minimum atomic E-state index is -2.58. The van der Waals surface area contributed by atoms with Crippen molar-refractivity contribution in [2.24, 2.45) is 0 Å². The number of hydrogen-bond acceptors (Lipinski definition) is 5. The van der Waals surface area contributed by atoms with Crippen LogP contribution in [0.25, 0.3) is 10.9 Å². The molecule has 2 rings (SSSR count). The van der Waals surface area contributed by atoms with Gasteiger partial charge >= 0.3 is 14.8 Å². The molecule has 0 aliphatic rings. The van der Waals surface area contributed by atoms with Gasteiger partial charge < -0.3 is 23.9 Å². The minimum absolute atomic E-state index is 0.272. The molecule has 1 aromatic carbocycles. The highest BCUT2D eigenvalue weighted by atomic mass is 28.4. The number of pyridine rings is 1. The molecule has 0 bridgehead atoms. The first-order chi connectivity index (χ1) is 11.6. The second kappa shape index (κ2) is 8.74. The van der Waals surface area contributed by atoms with Crippen LogP contribution in [0.3, 0.4) is 0 Å². The van der Waals surface area contributed by atoms with Gasteiger partial charge in [-0.05, 0) is 18.6 Å². The van der Waals surface area contributed by atoms with Crippen LogP contribution < -0.4 is 10.6 Å². The number of carbonyl (C=O) groups excluding carboxylic acids is 1. The molecule has 0 spiro atoms. The molecule has 2 aromatic rings. The van der Waals surface area contributed by atoms with Crippen LogP contribution in [0.2, 0.25) is 6.04 Å². The molecule has 0 unspecified atom stereocenters. The van der Waals surface area contributed by atoms with Gasteiger partial charge in [0.2, 0.25) is 0 Å². The fraction of sp³-hybridized carbons (Fsp3) is 0.375. The van der Waals surface area contributed by atoms with E-state index >= 15 is 0 Å². The van der Waals surface area contributed by atoms with Crippen molar-refractivity contribution in [2.75, 3.05) is 33.2 Å². The molecule has 1 heterocycles. The number of anilines is 1. The first-order valence-corrected chi connectivity index (χ1v) is 9.61. The van der Waals surface area contributed by atoms with Crippen LogP contribution in [-0.2, 0) is 13.3 Å². The Morgan fingerprint density at radius 1 is 1.17 bits per heavy atom. The van der Waals surface area contributed by atoms with Gasteiger partial charge in [0, 0.05) is 39.3 Å². The smallest absolute Gasteiger partial charge is 0.377 e. The summed E-state index contributed by atoms with van der Waals surface area (Å²) < 4.78 is 16.0. The zero-order valence-corrected chi connectivity index (χ0v) is 15.2. The Morgan fingerprint density at radius 3 is 2.58 bits per heavy atom. The summed E-state index contributed by atoms with van der Waals surface area (Å²) >= 11 is 0. The number of benzene rings is 1. The molecule has 0 fully saturated rings. The average molecular weight is 349 g/mol. The van der Waals surface area contributed by atoms with E-state index in [1.54, 1.807) is 27.5 Å². The lowest BCUT2D eigenvalue weighted by Gasteiger charge is -2.24. The zero-order chi connectivity index (χ0) is 17.4. The van der Waals surface area contributed by atoms with Crippen molar-refractivity contribution in [1.29, 1.82) is 0 Å². The molecular formula is C16H23N3O4Si. The van der Waals surface area contributed by atoms with E-state index in [2.05, 4.69) is 15.6 Å². The molecule has 24 heavy (non-hydrogen) atoms. The van der Waals surface area contributed by atoms with Crippen LogP contribution in [0.15, 0.2) is 36.5 Å². The number of fused-ring (bicyclic) bond motifs is 1. The van der Waals surface area contributed by atoms with Crippen molar-refractivity contribution in [3.05, 3.63) is 36.5 Å². The van der Waals surface area contributed by atoms with E-state index in [1.807, 2.05) is 30.3 Å². The number of aromatic nitrogens is 1. The highest BCUT2D eigenvalue weighted by Crippen LogP contribution is 2.16. The maximum Gasteiger partial charge on any atom is 0.500 e. The SMILES string of the molecule is CO[Si](CCCNC(=O)Nc1cnc2ccccc2c1)(OC)OC. The zero-order valence-electron chi connectivity index (χ0n) is 14.2. The van der Waals surface area contributed by atoms with Gasteiger partial charge in [0.05, 0.1) is 17.4 Å². The van der Waals surface area contributed by atoms with Crippen molar-refractivity contribution in [3.8, 4) is 0 Å². The Bertz CT molecular complexity index is 671. The Labute approximate surface area is 142 Å². The monoisotopic (exact) mass is 349 g/mol. The second-order valence-corrected chi connectivity index (χ2v) is 8.29. The molecule has 2 amide bonds. The highest BCUT2D eigenvalue weighted by Gasteiger charge is 2.36. The summed E-state index contributed by atoms with van der Waals surface area (Å²) in [6.07, 6.45) is 2.34. The van der Waals surface area contributed by atoms with Crippen molar-refractivity contribution in [2.45, 2.75) is 12.5 Å². The third-order valence-electron chi connectivity index (χ3n) is 3.73. The van der Waals surface area contributed by atoms with Gasteiger partial charge in [-0.25, -0.2) is 4.79 Å². The van der Waals surface area contributed by atoms with Gasteiger partial charge in [0.1, 0.15) is 0 Å². The summed E-state index contributed by atoms with van der Waals surface area (Å²) in [7, 11) is 2.15. The summed E-state index contributed by atoms with van der Waals surface area (Å²) in [6.45, 7) is 0.498. The standard InChI is InChI=1S/C16H23N3O4Si/c1-21-24(22-2,23-3)10-6-9-17-16(20)19-14-11-13-7-4-5-8-15(13)18-12-14/h4-5,7-8,11-12H,6,9-10H2,1-3H3,(H2,17,19,20). The molecule has 1 aromatic heterocycles. The van der Waals surface area contributed by atoms with E-state index in [-0.39, 0.29) is 6.03 Å². The Morgan fingerprint density at radius 2 is 1.88 bits per heavy atom. The Balaban J connectivity index is 1.80. The lowest BCUT2D eigenvalue weighted by molar-refractivity contribution is 0.123. The molecule has 130 valence electrons. The van der Waals surface area contributed by atoms with Crippen molar-refractivity contribution < 1.29 is 18.1 Å². The molecular weight excluding hydrogens is 326 g/mol. The Kier molecular flexibility index (Phi) is 6.68. The summed E-state index contributed by atoms with van der Waals surface area (Å²) in [5.41, 5.74) is 1.55. The van der Waals surface area contributed by atoms with Crippen LogP contribution >= 0.6 is 0 Å². The maximum absolute atomic E-state index is 11.9. The van der Waals surface area contributed by atoms with Crippen LogP contribution in [0.5, 0.6) is 0 Å². The molecule has 0 aliphatic carbocycles. The average Bonchev–Trinajstić information content (AvgIpc) is 2.62. The van der Waals surface area contributed by atoms with E-state index in [0.717, 1.165) is 10.9 Å². The predicted octanol–water partition coefficient (Wildman–Crippen LogP) is 2.62. The fourth-order valence-corrected chi connectivity index (χ4v) is 4.10. The predicted molar refractivity (Wildman–Crippen MR) is 95.0 cm³/mol. The third kappa shape index (κ3) is 4.75. The van der Waals surface area contributed by atoms with E-state index in [4.69, 9.17) is 13.3 Å². The number of urea groups is 1. The number of nitrogens with zero attached hydrogens (tertiary/aromatic N) is 1. The Hall–Kier alpha value is -2.00. The van der Waals surface area contributed by atoms with Gasteiger partial charge in [0.25, 0.3) is 0 Å². The molecule has 0 aliphatic heterocycles. The molecule has 8 heteroatoms. The summed E-state index contributed by atoms with van der Waals surface area (Å²) in [6, 6.07) is 10.00. The van der Waals surface area contributed by atoms with Crippen LogP contribution in [0, 0.1) is 0 Å². The summed E-state index contributed by atoms with van der Waals surface area (Å²) in [5.74, 6) is 0. The van der Waals surface area contributed by atoms with E-state index in [9.17, 15) is 4.79 Å². The molecule has 0 atom stereocenters. The first-order valence-electron chi connectivity index (χ1n) is 7.67. The summed E-state index contributed by atoms with van der Waals surface area (Å²) in [4.78, 5) is 16.3. The number of amides is 2. The topological polar surface area (TPSA) is 81.7 Å². The number of carbonyl (C=O) groups is 1. The lowest BCUT2D eigenvalue weighted by Crippen LogP contribution is -2.43. The molecule has 0 saturated heterocycles. The minimum Gasteiger partial charge on any atom is -0.377 e. The summed E-state index contributed by atoms with van der Waals surface area (Å²) in [5, 5.41) is 6.56. The number of nitrogens with one attached hydrogen (secondary N) is 2. The largest absolute Gasteiger partial charge is 0.500 e. The van der Waals surface area contributed by atoms with Crippen molar-refractivity contribution in [1.82, 2.24) is 10.3 Å². The second-order valence-electron chi connectivity index (χ2n) is 5.20. The first kappa shape index (κ1) is 18.3. The quantitative estimate of drug-likeness (QED) is 0.565. The van der Waals surface area contributed by atoms with Crippen LogP contribution in [0.4, 0.5) is 10.5 Å². The molecule has 0 radical (unpaired) electrons. The molecule has 7 nitrogen and oxygen atoms in total. The third-order valence-corrected chi connectivity index (χ3v) is 6.56. The van der Waals surface area contributed by atoms with E-state index in [1.165, 1.54) is 0 Å². The van der Waals surface area contributed by atoms with Gasteiger partial charge in [-0.2, -0.15) is 0 Å². The van der Waals surface area contributed by atoms with Gasteiger partial charge in [-0.1, -0.05) is 18.2 Å². The van der Waals surface area contributed by atoms with Gasteiger partial charge in [-0.3, -0.25) is 4.98 Å². The van der Waals surface area contributed by atoms with Gasteiger partial charge in [-0.15, -0.1) is 0 Å². The van der Waals surface area contributed by atoms with E-state index < -0.39 is 8.80 Å². The fourth-order valence-electron chi connectivity index (χ4n) is 2.38. The van der Waals surface area contributed by atoms with Crippen molar-refractivity contribution in [3.63, 3.8) is 0 Å². The van der Waals surface area contributed by atoms with Crippen molar-refractivity contribution >= 4 is 31.4 Å². The molecule has 0 saturated carbocycles. The highest BCUT2D eigenvalue weighted by molar-refractivity contribution is 6.60.